The number of nitrogens with one attached hydrogen (secondary N) is 2. The summed E-state index contributed by atoms with van der Waals surface area (Å²) in [6.45, 7) is 3.84. The van der Waals surface area contributed by atoms with E-state index in [2.05, 4.69) is 105 Å². The summed E-state index contributed by atoms with van der Waals surface area (Å²) in [7, 11) is 6.28. The van der Waals surface area contributed by atoms with E-state index in [1.165, 1.54) is 5.56 Å². The number of piperidine rings is 1. The van der Waals surface area contributed by atoms with Crippen molar-refractivity contribution < 1.29 is 0 Å². The first kappa shape index (κ1) is 29.6. The van der Waals surface area contributed by atoms with Crippen LogP contribution in [0.15, 0.2) is 85.2 Å². The van der Waals surface area contributed by atoms with Crippen LogP contribution in [-0.4, -0.2) is 82.4 Å². The summed E-state index contributed by atoms with van der Waals surface area (Å²) in [5.74, 6) is 3.13. The van der Waals surface area contributed by atoms with Crippen LogP contribution in [0.4, 0.5) is 5.95 Å². The third-order valence-electron chi connectivity index (χ3n) is 8.40. The molecule has 0 amide bonds. The van der Waals surface area contributed by atoms with Crippen LogP contribution in [0, 0.1) is 5.92 Å². The van der Waals surface area contributed by atoms with Gasteiger partial charge in [0.1, 0.15) is 11.5 Å². The van der Waals surface area contributed by atoms with Crippen molar-refractivity contribution in [1.82, 2.24) is 40.3 Å². The van der Waals surface area contributed by atoms with Crippen molar-refractivity contribution in [3.05, 3.63) is 96.6 Å². The topological polar surface area (TPSA) is 98.7 Å². The van der Waals surface area contributed by atoms with Gasteiger partial charge in [-0.1, -0.05) is 60.7 Å². The highest BCUT2D eigenvalue weighted by molar-refractivity contribution is 5.81. The van der Waals surface area contributed by atoms with Gasteiger partial charge in [-0.15, -0.1) is 10.2 Å². The number of hydrogen-bond acceptors (Lipinski definition) is 8. The van der Waals surface area contributed by atoms with Gasteiger partial charge >= 0.3 is 0 Å². The van der Waals surface area contributed by atoms with Gasteiger partial charge in [-0.05, 0) is 82.2 Å². The average molecular weight is 588 g/mol. The van der Waals surface area contributed by atoms with Crippen LogP contribution in [0.3, 0.4) is 0 Å². The highest BCUT2D eigenvalue weighted by atomic mass is 15.2. The molecule has 1 aliphatic rings. The fourth-order valence-corrected chi connectivity index (χ4v) is 5.99. The Labute approximate surface area is 259 Å². The predicted molar refractivity (Wildman–Crippen MR) is 176 cm³/mol. The maximum atomic E-state index is 5.11. The minimum Gasteiger partial charge on any atom is -0.344 e. The molecule has 2 N–H and O–H groups in total. The molecule has 4 heterocycles. The van der Waals surface area contributed by atoms with Crippen molar-refractivity contribution in [2.45, 2.75) is 25.2 Å². The van der Waals surface area contributed by atoms with Gasteiger partial charge in [0.25, 0.3) is 0 Å². The molecule has 3 aromatic heterocycles. The molecule has 0 spiro atoms. The molecule has 1 aliphatic heterocycles. The fourth-order valence-electron chi connectivity index (χ4n) is 5.99. The van der Waals surface area contributed by atoms with E-state index in [0.717, 1.165) is 91.1 Å². The van der Waals surface area contributed by atoms with E-state index in [1.54, 1.807) is 6.20 Å². The Morgan fingerprint density at radius 1 is 0.841 bits per heavy atom. The number of pyridine rings is 1. The Bertz CT molecular complexity index is 1620. The van der Waals surface area contributed by atoms with Crippen LogP contribution >= 0.6 is 0 Å². The van der Waals surface area contributed by atoms with Crippen LogP contribution in [0.1, 0.15) is 30.1 Å². The Morgan fingerprint density at radius 2 is 1.66 bits per heavy atom. The highest BCUT2D eigenvalue weighted by Gasteiger charge is 2.29. The van der Waals surface area contributed by atoms with Crippen molar-refractivity contribution in [1.29, 1.82) is 0 Å². The number of hydrogen-bond donors (Lipinski definition) is 2. The molecule has 2 unspecified atom stereocenters. The first-order chi connectivity index (χ1) is 21.5. The molecule has 0 radical (unpaired) electrons. The highest BCUT2D eigenvalue weighted by Crippen LogP contribution is 2.34. The number of benzene rings is 2. The van der Waals surface area contributed by atoms with Crippen LogP contribution in [0.25, 0.3) is 33.9 Å². The largest absolute Gasteiger partial charge is 0.344 e. The van der Waals surface area contributed by atoms with Crippen molar-refractivity contribution in [3.8, 4) is 33.9 Å². The van der Waals surface area contributed by atoms with Gasteiger partial charge in [0.2, 0.25) is 5.95 Å². The molecule has 226 valence electrons. The number of rotatable bonds is 11. The molecule has 1 fully saturated rings. The zero-order valence-electron chi connectivity index (χ0n) is 25.8. The third-order valence-corrected chi connectivity index (χ3v) is 8.40. The fraction of sp³-hybridized carbons (Fsp3) is 0.343. The Kier molecular flexibility index (Phi) is 9.34. The monoisotopic (exact) mass is 587 g/mol. The van der Waals surface area contributed by atoms with Gasteiger partial charge < -0.3 is 20.1 Å². The standard InChI is InChI=1S/C35H41N9/c1-43(2)20-9-21-44(3)35-38-24-30(26-10-5-4-6-11-26)32(39-35)27-15-13-25(14-16-27)22-28-23-36-19-17-29(28)33-40-34(42-41-33)31-12-7-8-18-37-31/h4-8,10-16,18,24,28-29,36H,9,17,19-23H2,1-3H3,(H,40,41,42). The summed E-state index contributed by atoms with van der Waals surface area (Å²) in [5, 5.41) is 12.6. The molecule has 0 saturated carbocycles. The molecular weight excluding hydrogens is 546 g/mol. The number of anilines is 1. The minimum absolute atomic E-state index is 0.304. The molecule has 1 saturated heterocycles. The van der Waals surface area contributed by atoms with Crippen molar-refractivity contribution in [2.24, 2.45) is 5.92 Å². The van der Waals surface area contributed by atoms with Crippen LogP contribution in [0.2, 0.25) is 0 Å². The molecule has 0 bridgehead atoms. The molecular formula is C35H41N9. The first-order valence-electron chi connectivity index (χ1n) is 15.5. The van der Waals surface area contributed by atoms with E-state index in [9.17, 15) is 0 Å². The minimum atomic E-state index is 0.304. The van der Waals surface area contributed by atoms with Gasteiger partial charge in [0.15, 0.2) is 5.82 Å². The summed E-state index contributed by atoms with van der Waals surface area (Å²) in [5.41, 5.74) is 6.30. The normalized spacial score (nSPS) is 16.7. The summed E-state index contributed by atoms with van der Waals surface area (Å²) in [6.07, 6.45) is 6.77. The lowest BCUT2D eigenvalue weighted by Gasteiger charge is -2.30. The summed E-state index contributed by atoms with van der Waals surface area (Å²) < 4.78 is 0. The third kappa shape index (κ3) is 7.01. The number of nitrogens with zero attached hydrogens (tertiary/aromatic N) is 7. The Morgan fingerprint density at radius 3 is 2.43 bits per heavy atom. The van der Waals surface area contributed by atoms with E-state index in [1.807, 2.05) is 30.5 Å². The van der Waals surface area contributed by atoms with Crippen molar-refractivity contribution in [2.75, 3.05) is 52.2 Å². The summed E-state index contributed by atoms with van der Waals surface area (Å²) in [6, 6.07) is 25.2. The lowest BCUT2D eigenvalue weighted by atomic mass is 9.81. The van der Waals surface area contributed by atoms with E-state index < -0.39 is 0 Å². The zero-order valence-corrected chi connectivity index (χ0v) is 25.8. The van der Waals surface area contributed by atoms with Crippen molar-refractivity contribution in [3.63, 3.8) is 0 Å². The lowest BCUT2D eigenvalue weighted by Crippen LogP contribution is -2.37. The molecule has 0 aliphatic carbocycles. The van der Waals surface area contributed by atoms with E-state index >= 15 is 0 Å². The zero-order chi connectivity index (χ0) is 30.3. The number of H-pyrrole nitrogens is 1. The lowest BCUT2D eigenvalue weighted by molar-refractivity contribution is 0.314. The van der Waals surface area contributed by atoms with Gasteiger partial charge in [0, 0.05) is 43.0 Å². The number of aromatic amines is 1. The summed E-state index contributed by atoms with van der Waals surface area (Å²) in [4.78, 5) is 22.1. The SMILES string of the molecule is CN(C)CCCN(C)c1ncc(-c2ccccc2)c(-c2ccc(CC3CNCCC3c3nnc(-c4ccccn4)[nH]3)cc2)n1. The molecule has 2 atom stereocenters. The molecule has 6 rings (SSSR count). The van der Waals surface area contributed by atoms with E-state index in [0.29, 0.717) is 11.8 Å². The first-order valence-corrected chi connectivity index (χ1v) is 15.5. The molecule has 9 nitrogen and oxygen atoms in total. The quantitative estimate of drug-likeness (QED) is 0.214. The predicted octanol–water partition coefficient (Wildman–Crippen LogP) is 5.31. The maximum absolute atomic E-state index is 5.11. The maximum Gasteiger partial charge on any atom is 0.225 e. The Balaban J connectivity index is 1.22. The van der Waals surface area contributed by atoms with Gasteiger partial charge in [0.05, 0.1) is 5.69 Å². The number of aromatic nitrogens is 6. The van der Waals surface area contributed by atoms with E-state index in [-0.39, 0.29) is 0 Å². The average Bonchev–Trinajstić information content (AvgIpc) is 3.56. The Hall–Kier alpha value is -4.47. The van der Waals surface area contributed by atoms with Crippen LogP contribution < -0.4 is 10.2 Å². The van der Waals surface area contributed by atoms with Crippen LogP contribution in [-0.2, 0) is 6.42 Å². The van der Waals surface area contributed by atoms with Crippen molar-refractivity contribution >= 4 is 5.95 Å². The van der Waals surface area contributed by atoms with Gasteiger partial charge in [-0.2, -0.15) is 0 Å². The molecule has 9 heteroatoms. The second-order valence-electron chi connectivity index (χ2n) is 11.9. The molecule has 5 aromatic rings. The second-order valence-corrected chi connectivity index (χ2v) is 11.9. The smallest absolute Gasteiger partial charge is 0.225 e. The molecule has 2 aromatic carbocycles. The van der Waals surface area contributed by atoms with E-state index in [4.69, 9.17) is 9.97 Å². The van der Waals surface area contributed by atoms with Gasteiger partial charge in [-0.3, -0.25) is 4.98 Å². The summed E-state index contributed by atoms with van der Waals surface area (Å²) >= 11 is 0. The second kappa shape index (κ2) is 13.9. The van der Waals surface area contributed by atoms with Gasteiger partial charge in [-0.25, -0.2) is 9.97 Å². The molecule has 44 heavy (non-hydrogen) atoms. The van der Waals surface area contributed by atoms with Crippen LogP contribution in [0.5, 0.6) is 0 Å².